The van der Waals surface area contributed by atoms with Gasteiger partial charge in [0.25, 0.3) is 0 Å². The zero-order valence-corrected chi connectivity index (χ0v) is 15.0. The van der Waals surface area contributed by atoms with Crippen LogP contribution in [0, 0.1) is 11.3 Å². The van der Waals surface area contributed by atoms with Crippen LogP contribution in [0.15, 0.2) is 48.1 Å². The minimum absolute atomic E-state index is 0.247. The number of benzene rings is 1. The van der Waals surface area contributed by atoms with Crippen LogP contribution in [0.1, 0.15) is 51.2 Å². The van der Waals surface area contributed by atoms with Crippen molar-refractivity contribution in [1.29, 1.82) is 0 Å². The van der Waals surface area contributed by atoms with Crippen LogP contribution in [0.3, 0.4) is 0 Å². The van der Waals surface area contributed by atoms with Gasteiger partial charge in [-0.05, 0) is 41.9 Å². The van der Waals surface area contributed by atoms with Crippen molar-refractivity contribution in [2.24, 2.45) is 11.3 Å². The maximum atomic E-state index is 12.0. The van der Waals surface area contributed by atoms with E-state index in [-0.39, 0.29) is 5.41 Å². The van der Waals surface area contributed by atoms with Gasteiger partial charge in [-0.3, -0.25) is 4.79 Å². The Morgan fingerprint density at radius 3 is 2.38 bits per heavy atom. The molecule has 2 nitrogen and oxygen atoms in total. The highest BCUT2D eigenvalue weighted by Crippen LogP contribution is 2.23. The van der Waals surface area contributed by atoms with E-state index in [1.807, 2.05) is 20.8 Å². The van der Waals surface area contributed by atoms with E-state index in [1.54, 1.807) is 0 Å². The highest BCUT2D eigenvalue weighted by molar-refractivity contribution is 5.83. The van der Waals surface area contributed by atoms with Crippen LogP contribution in [0.25, 0.3) is 0 Å². The average Bonchev–Trinajstić information content (AvgIpc) is 2.55. The Bertz CT molecular complexity index is 627. The normalized spacial score (nSPS) is 17.5. The zero-order valence-electron chi connectivity index (χ0n) is 15.0. The van der Waals surface area contributed by atoms with Crippen molar-refractivity contribution in [3.05, 3.63) is 59.2 Å². The van der Waals surface area contributed by atoms with Crippen LogP contribution in [0.5, 0.6) is 0 Å². The van der Waals surface area contributed by atoms with Gasteiger partial charge in [0, 0.05) is 18.3 Å². The summed E-state index contributed by atoms with van der Waals surface area (Å²) >= 11 is 0. The summed E-state index contributed by atoms with van der Waals surface area (Å²) in [6.45, 7) is 5.93. The largest absolute Gasteiger partial charge is 0.303 e. The molecule has 1 unspecified atom stereocenters. The van der Waals surface area contributed by atoms with Crippen molar-refractivity contribution in [2.75, 3.05) is 0 Å². The Morgan fingerprint density at radius 1 is 1.17 bits per heavy atom. The monoisotopic (exact) mass is 324 g/mol. The molecule has 1 aromatic carbocycles. The summed E-state index contributed by atoms with van der Waals surface area (Å²) in [5.41, 5.74) is 3.43. The van der Waals surface area contributed by atoms with E-state index in [2.05, 4.69) is 42.5 Å². The minimum Gasteiger partial charge on any atom is -0.303 e. The Morgan fingerprint density at radius 2 is 1.83 bits per heavy atom. The summed E-state index contributed by atoms with van der Waals surface area (Å²) in [5, 5.41) is 0. The summed E-state index contributed by atoms with van der Waals surface area (Å²) in [4.78, 5) is 22.5. The Labute approximate surface area is 145 Å². The van der Waals surface area contributed by atoms with E-state index in [0.717, 1.165) is 31.1 Å². The van der Waals surface area contributed by atoms with Gasteiger partial charge >= 0.3 is 0 Å². The predicted octanol–water partition coefficient (Wildman–Crippen LogP) is 4.87. The fraction of sp³-hybridized carbons (Fsp3) is 0.455. The molecule has 0 N–H and O–H groups in total. The molecule has 1 aliphatic carbocycles. The van der Waals surface area contributed by atoms with Gasteiger partial charge in [0.05, 0.1) is 0 Å². The Balaban J connectivity index is 1.84. The number of hydrogen-bond acceptors (Lipinski definition) is 2. The van der Waals surface area contributed by atoms with E-state index < -0.39 is 0 Å². The lowest BCUT2D eigenvalue weighted by Gasteiger charge is -2.17. The second-order valence-corrected chi connectivity index (χ2v) is 7.70. The highest BCUT2D eigenvalue weighted by Gasteiger charge is 2.20. The van der Waals surface area contributed by atoms with Gasteiger partial charge in [0.1, 0.15) is 12.1 Å². The van der Waals surface area contributed by atoms with Crippen molar-refractivity contribution < 1.29 is 9.59 Å². The molecule has 0 amide bonds. The molecule has 0 saturated carbocycles. The number of aldehydes is 1. The van der Waals surface area contributed by atoms with Gasteiger partial charge in [0.15, 0.2) is 0 Å². The van der Waals surface area contributed by atoms with E-state index in [9.17, 15) is 9.59 Å². The first-order valence-electron chi connectivity index (χ1n) is 8.80. The second kappa shape index (κ2) is 8.23. The van der Waals surface area contributed by atoms with E-state index in [0.29, 0.717) is 24.5 Å². The molecule has 2 heteroatoms. The number of allylic oxidation sites excluding steroid dienone is 4. The molecule has 0 aromatic heterocycles. The molecule has 128 valence electrons. The second-order valence-electron chi connectivity index (χ2n) is 7.70. The first-order chi connectivity index (χ1) is 11.4. The lowest BCUT2D eigenvalue weighted by atomic mass is 9.87. The molecule has 0 spiro atoms. The topological polar surface area (TPSA) is 34.1 Å². The fourth-order valence-corrected chi connectivity index (χ4v) is 2.89. The Kier molecular flexibility index (Phi) is 6.30. The molecule has 24 heavy (non-hydrogen) atoms. The molecular formula is C22H28O2. The van der Waals surface area contributed by atoms with Gasteiger partial charge < -0.3 is 4.79 Å². The molecule has 0 heterocycles. The van der Waals surface area contributed by atoms with Gasteiger partial charge in [-0.25, -0.2) is 0 Å². The van der Waals surface area contributed by atoms with Crippen molar-refractivity contribution in [2.45, 2.75) is 52.9 Å². The summed E-state index contributed by atoms with van der Waals surface area (Å²) < 4.78 is 0. The van der Waals surface area contributed by atoms with Crippen molar-refractivity contribution in [1.82, 2.24) is 0 Å². The quantitative estimate of drug-likeness (QED) is 0.671. The van der Waals surface area contributed by atoms with E-state index in [4.69, 9.17) is 0 Å². The first-order valence-corrected chi connectivity index (χ1v) is 8.80. The predicted molar refractivity (Wildman–Crippen MR) is 98.9 cm³/mol. The smallest absolute Gasteiger partial charge is 0.138 e. The van der Waals surface area contributed by atoms with Crippen LogP contribution >= 0.6 is 0 Å². The fourth-order valence-electron chi connectivity index (χ4n) is 2.89. The summed E-state index contributed by atoms with van der Waals surface area (Å²) in [5.74, 6) is 0.825. The minimum atomic E-state index is -0.247. The number of aryl methyl sites for hydroxylation is 1. The van der Waals surface area contributed by atoms with Crippen LogP contribution in [0.2, 0.25) is 0 Å². The van der Waals surface area contributed by atoms with Crippen molar-refractivity contribution in [3.8, 4) is 0 Å². The van der Waals surface area contributed by atoms with Crippen LogP contribution in [0.4, 0.5) is 0 Å². The molecule has 1 aliphatic rings. The summed E-state index contributed by atoms with van der Waals surface area (Å²) in [6, 6.07) is 8.64. The van der Waals surface area contributed by atoms with Gasteiger partial charge in [-0.15, -0.1) is 0 Å². The third-order valence-electron chi connectivity index (χ3n) is 4.58. The lowest BCUT2D eigenvalue weighted by molar-refractivity contribution is -0.126. The van der Waals surface area contributed by atoms with Gasteiger partial charge in [-0.1, -0.05) is 63.3 Å². The first kappa shape index (κ1) is 18.4. The average molecular weight is 324 g/mol. The molecule has 0 fully saturated rings. The zero-order chi connectivity index (χ0) is 17.6. The van der Waals surface area contributed by atoms with Crippen molar-refractivity contribution >= 4 is 12.1 Å². The number of hydrogen-bond donors (Lipinski definition) is 0. The lowest BCUT2D eigenvalue weighted by Crippen LogP contribution is -2.20. The van der Waals surface area contributed by atoms with Gasteiger partial charge in [0.2, 0.25) is 0 Å². The van der Waals surface area contributed by atoms with E-state index in [1.165, 1.54) is 11.1 Å². The number of Topliss-reactive ketones (excluding diaryl/α,β-unsaturated/α-hetero) is 1. The number of ketones is 1. The highest BCUT2D eigenvalue weighted by atomic mass is 16.1. The summed E-state index contributed by atoms with van der Waals surface area (Å²) in [7, 11) is 0. The Hall–Kier alpha value is -1.96. The molecule has 0 radical (unpaired) electrons. The van der Waals surface area contributed by atoms with Crippen molar-refractivity contribution in [3.63, 3.8) is 0 Å². The summed E-state index contributed by atoms with van der Waals surface area (Å²) in [6.07, 6.45) is 11.4. The molecule has 0 aliphatic heterocycles. The third kappa shape index (κ3) is 5.59. The number of rotatable bonds is 7. The maximum absolute atomic E-state index is 12.0. The van der Waals surface area contributed by atoms with E-state index >= 15 is 0 Å². The standard InChI is InChI=1S/C22H28O2/c1-22(2,3)21(24)13-12-17-4-8-19(9-5-17)16-20-10-6-18(7-11-20)14-15-23/h4-10,15,20H,11-14,16H2,1-3H3. The number of carbonyl (C=O) groups excluding carboxylic acids is 2. The molecule has 0 bridgehead atoms. The molecule has 2 rings (SSSR count). The molecule has 1 atom stereocenters. The van der Waals surface area contributed by atoms with Crippen LogP contribution in [-0.4, -0.2) is 12.1 Å². The molecule has 0 saturated heterocycles. The molecule has 1 aromatic rings. The number of carbonyl (C=O) groups is 2. The maximum Gasteiger partial charge on any atom is 0.138 e. The van der Waals surface area contributed by atoms with Crippen LogP contribution in [-0.2, 0) is 22.4 Å². The third-order valence-corrected chi connectivity index (χ3v) is 4.58. The molecular weight excluding hydrogens is 296 g/mol. The van der Waals surface area contributed by atoms with Gasteiger partial charge in [-0.2, -0.15) is 0 Å². The van der Waals surface area contributed by atoms with Crippen LogP contribution < -0.4 is 0 Å². The SMILES string of the molecule is CC(C)(C)C(=O)CCc1ccc(CC2C=CC(CC=O)=CC2)cc1.